The first-order chi connectivity index (χ1) is 13.7. The van der Waals surface area contributed by atoms with E-state index in [1.54, 1.807) is 18.9 Å². The van der Waals surface area contributed by atoms with Crippen LogP contribution in [0.2, 0.25) is 0 Å². The molecule has 3 aromatic carbocycles. The number of halogens is 1. The zero-order valence-corrected chi connectivity index (χ0v) is 18.2. The molecular weight excluding hydrogens is 483 g/mol. The summed E-state index contributed by atoms with van der Waals surface area (Å²) in [5.74, 6) is 1.50. The molecule has 0 aromatic heterocycles. The Kier molecular flexibility index (Phi) is 6.07. The van der Waals surface area contributed by atoms with Gasteiger partial charge in [-0.3, -0.25) is 5.43 Å². The van der Waals surface area contributed by atoms with Crippen molar-refractivity contribution >= 4 is 39.4 Å². The maximum absolute atomic E-state index is 6.06. The molecule has 4 nitrogen and oxygen atoms in total. The van der Waals surface area contributed by atoms with Crippen LogP contribution in [-0.2, 0) is 6.61 Å². The van der Waals surface area contributed by atoms with Gasteiger partial charge in [0.1, 0.15) is 17.0 Å². The highest BCUT2D eigenvalue weighted by molar-refractivity contribution is 14.1. The van der Waals surface area contributed by atoms with E-state index >= 15 is 0 Å². The smallest absolute Gasteiger partial charge is 0.174 e. The molecule has 0 radical (unpaired) electrons. The van der Waals surface area contributed by atoms with Crippen molar-refractivity contribution in [3.63, 3.8) is 0 Å². The van der Waals surface area contributed by atoms with Gasteiger partial charge in [-0.05, 0) is 45.9 Å². The summed E-state index contributed by atoms with van der Waals surface area (Å²) in [6.07, 6.45) is 0. The predicted molar refractivity (Wildman–Crippen MR) is 123 cm³/mol. The number of hydrazone groups is 1. The number of ether oxygens (including phenoxy) is 2. The molecule has 0 amide bonds. The first kappa shape index (κ1) is 19.1. The molecule has 0 saturated carbocycles. The summed E-state index contributed by atoms with van der Waals surface area (Å²) in [6, 6.07) is 24.5. The highest BCUT2D eigenvalue weighted by Crippen LogP contribution is 2.41. The maximum Gasteiger partial charge on any atom is 0.174 e. The van der Waals surface area contributed by atoms with Crippen LogP contribution in [0.25, 0.3) is 0 Å². The van der Waals surface area contributed by atoms with Crippen LogP contribution in [0.3, 0.4) is 0 Å². The van der Waals surface area contributed by atoms with Gasteiger partial charge in [0.05, 0.1) is 10.7 Å². The number of nitrogens with zero attached hydrogens (tertiary/aromatic N) is 1. The second kappa shape index (κ2) is 8.87. The lowest BCUT2D eigenvalue weighted by molar-refractivity contribution is 0.282. The number of methoxy groups -OCH3 is 1. The highest BCUT2D eigenvalue weighted by atomic mass is 127. The second-order valence-corrected chi connectivity index (χ2v) is 8.47. The summed E-state index contributed by atoms with van der Waals surface area (Å²) >= 11 is 4.00. The Balaban J connectivity index is 1.51. The fourth-order valence-corrected chi connectivity index (χ4v) is 4.66. The van der Waals surface area contributed by atoms with Crippen molar-refractivity contribution < 1.29 is 9.47 Å². The van der Waals surface area contributed by atoms with Crippen LogP contribution < -0.4 is 14.9 Å². The van der Waals surface area contributed by atoms with Crippen molar-refractivity contribution in [2.45, 2.75) is 12.0 Å². The monoisotopic (exact) mass is 502 g/mol. The average Bonchev–Trinajstić information content (AvgIpc) is 3.24. The van der Waals surface area contributed by atoms with Gasteiger partial charge in [0.25, 0.3) is 0 Å². The van der Waals surface area contributed by atoms with E-state index in [1.165, 1.54) is 0 Å². The standard InChI is InChI=1S/C22H19IN2O2S/c1-26-19-13-17(22-25-24-21(28-22)16-10-6-3-7-11-16)12-18(23)20(19)27-14-15-8-4-2-5-9-15/h2-13,22,25H,14H2,1H3/t22-/m1/s1. The Morgan fingerprint density at radius 2 is 1.75 bits per heavy atom. The molecule has 0 fully saturated rings. The Morgan fingerprint density at radius 3 is 2.46 bits per heavy atom. The third-order valence-corrected chi connectivity index (χ3v) is 6.28. The maximum atomic E-state index is 6.06. The van der Waals surface area contributed by atoms with Crippen molar-refractivity contribution in [3.8, 4) is 11.5 Å². The van der Waals surface area contributed by atoms with E-state index < -0.39 is 0 Å². The quantitative estimate of drug-likeness (QED) is 0.448. The predicted octanol–water partition coefficient (Wildman–Crippen LogP) is 5.58. The first-order valence-corrected chi connectivity index (χ1v) is 10.8. The lowest BCUT2D eigenvalue weighted by Gasteiger charge is -2.17. The third-order valence-electron chi connectivity index (χ3n) is 4.31. The van der Waals surface area contributed by atoms with Crippen LogP contribution in [0.4, 0.5) is 0 Å². The van der Waals surface area contributed by atoms with E-state index in [2.05, 4.69) is 63.4 Å². The van der Waals surface area contributed by atoms with Gasteiger partial charge < -0.3 is 9.47 Å². The summed E-state index contributed by atoms with van der Waals surface area (Å²) in [5.41, 5.74) is 6.57. The van der Waals surface area contributed by atoms with Crippen molar-refractivity contribution in [2.75, 3.05) is 7.11 Å². The zero-order valence-electron chi connectivity index (χ0n) is 15.3. The number of hydrogen-bond acceptors (Lipinski definition) is 5. The van der Waals surface area contributed by atoms with Crippen LogP contribution in [-0.4, -0.2) is 12.2 Å². The molecule has 1 aliphatic heterocycles. The van der Waals surface area contributed by atoms with E-state index in [9.17, 15) is 0 Å². The first-order valence-electron chi connectivity index (χ1n) is 8.84. The van der Waals surface area contributed by atoms with E-state index in [0.717, 1.165) is 36.8 Å². The minimum absolute atomic E-state index is 0.0424. The molecule has 1 atom stereocenters. The largest absolute Gasteiger partial charge is 0.493 e. The number of rotatable bonds is 6. The van der Waals surface area contributed by atoms with Crippen molar-refractivity contribution in [3.05, 3.63) is 93.1 Å². The SMILES string of the molecule is COc1cc([C@@H]2NN=C(c3ccccc3)S2)cc(I)c1OCc1ccccc1. The fraction of sp³-hybridized carbons (Fsp3) is 0.136. The summed E-state index contributed by atoms with van der Waals surface area (Å²) in [6.45, 7) is 0.504. The Labute approximate surface area is 182 Å². The van der Waals surface area contributed by atoms with Crippen LogP contribution in [0.15, 0.2) is 77.9 Å². The minimum atomic E-state index is 0.0424. The minimum Gasteiger partial charge on any atom is -0.493 e. The van der Waals surface area contributed by atoms with Gasteiger partial charge in [-0.15, -0.1) is 0 Å². The van der Waals surface area contributed by atoms with Crippen LogP contribution in [0, 0.1) is 3.57 Å². The van der Waals surface area contributed by atoms with Crippen LogP contribution in [0.5, 0.6) is 11.5 Å². The topological polar surface area (TPSA) is 42.8 Å². The number of hydrogen-bond donors (Lipinski definition) is 1. The molecule has 0 bridgehead atoms. The van der Waals surface area contributed by atoms with E-state index in [4.69, 9.17) is 9.47 Å². The molecule has 1 N–H and O–H groups in total. The molecule has 1 aliphatic rings. The molecule has 0 aliphatic carbocycles. The Hall–Kier alpha value is -2.19. The van der Waals surface area contributed by atoms with Crippen molar-refractivity contribution in [1.82, 2.24) is 5.43 Å². The van der Waals surface area contributed by atoms with E-state index in [1.807, 2.05) is 42.5 Å². The summed E-state index contributed by atoms with van der Waals surface area (Å²) < 4.78 is 12.7. The van der Waals surface area contributed by atoms with Gasteiger partial charge in [0, 0.05) is 5.56 Å². The lowest BCUT2D eigenvalue weighted by Crippen LogP contribution is -2.08. The number of thioether (sulfide) groups is 1. The molecule has 28 heavy (non-hydrogen) atoms. The molecule has 142 valence electrons. The molecule has 6 heteroatoms. The lowest BCUT2D eigenvalue weighted by atomic mass is 10.2. The molecule has 4 rings (SSSR count). The number of nitrogens with one attached hydrogen (secondary N) is 1. The highest BCUT2D eigenvalue weighted by Gasteiger charge is 2.24. The normalized spacial score (nSPS) is 15.6. The van der Waals surface area contributed by atoms with Crippen molar-refractivity contribution in [2.24, 2.45) is 5.10 Å². The average molecular weight is 502 g/mol. The molecule has 1 heterocycles. The Bertz CT molecular complexity index is 981. The zero-order chi connectivity index (χ0) is 19.3. The number of benzene rings is 3. The van der Waals surface area contributed by atoms with Crippen molar-refractivity contribution in [1.29, 1.82) is 0 Å². The molecule has 0 unspecified atom stereocenters. The molecule has 0 saturated heterocycles. The van der Waals surface area contributed by atoms with Crippen LogP contribution in [0.1, 0.15) is 22.1 Å². The van der Waals surface area contributed by atoms with Gasteiger partial charge in [0.15, 0.2) is 11.5 Å². The van der Waals surface area contributed by atoms with E-state index in [-0.39, 0.29) is 5.37 Å². The van der Waals surface area contributed by atoms with Gasteiger partial charge in [-0.1, -0.05) is 72.4 Å². The second-order valence-electron chi connectivity index (χ2n) is 6.22. The molecular formula is C22H19IN2O2S. The molecule has 0 spiro atoms. The van der Waals surface area contributed by atoms with Gasteiger partial charge in [-0.2, -0.15) is 5.10 Å². The van der Waals surface area contributed by atoms with Crippen LogP contribution >= 0.6 is 34.4 Å². The van der Waals surface area contributed by atoms with E-state index in [0.29, 0.717) is 6.61 Å². The Morgan fingerprint density at radius 1 is 1.04 bits per heavy atom. The molecule has 3 aromatic rings. The summed E-state index contributed by atoms with van der Waals surface area (Å²) in [5, 5.41) is 5.53. The van der Waals surface area contributed by atoms with Gasteiger partial charge in [0.2, 0.25) is 0 Å². The summed E-state index contributed by atoms with van der Waals surface area (Å²) in [4.78, 5) is 0. The van der Waals surface area contributed by atoms with Gasteiger partial charge in [-0.25, -0.2) is 0 Å². The third kappa shape index (κ3) is 4.28. The fourth-order valence-electron chi connectivity index (χ4n) is 2.90. The summed E-state index contributed by atoms with van der Waals surface area (Å²) in [7, 11) is 1.67. The van der Waals surface area contributed by atoms with Gasteiger partial charge >= 0.3 is 0 Å².